The first kappa shape index (κ1) is 22.4. The monoisotopic (exact) mass is 423 g/mol. The SMILES string of the molecule is CCOC(=O)NS(=O)(=O)c1ccc(CCNC(=O)N2CC(C)=C(CC)C2=O)cc1. The van der Waals surface area contributed by atoms with Crippen molar-refractivity contribution in [1.82, 2.24) is 14.9 Å². The van der Waals surface area contributed by atoms with E-state index in [9.17, 15) is 22.8 Å². The largest absolute Gasteiger partial charge is 0.449 e. The van der Waals surface area contributed by atoms with Crippen LogP contribution in [0.4, 0.5) is 9.59 Å². The second-order valence-corrected chi connectivity index (χ2v) is 8.14. The minimum absolute atomic E-state index is 0.0599. The summed E-state index contributed by atoms with van der Waals surface area (Å²) in [6.45, 7) is 5.94. The maximum atomic E-state index is 12.2. The van der Waals surface area contributed by atoms with Crippen LogP contribution in [-0.2, 0) is 26.0 Å². The van der Waals surface area contributed by atoms with Gasteiger partial charge in [-0.25, -0.2) is 22.7 Å². The number of rotatable bonds is 7. The lowest BCUT2D eigenvalue weighted by molar-refractivity contribution is -0.123. The van der Waals surface area contributed by atoms with Gasteiger partial charge in [0.2, 0.25) is 0 Å². The molecule has 1 aliphatic rings. The number of amides is 4. The van der Waals surface area contributed by atoms with E-state index in [0.29, 0.717) is 25.0 Å². The lowest BCUT2D eigenvalue weighted by atomic mass is 10.1. The Bertz CT molecular complexity index is 922. The van der Waals surface area contributed by atoms with E-state index in [1.165, 1.54) is 17.0 Å². The van der Waals surface area contributed by atoms with Gasteiger partial charge in [0.1, 0.15) is 0 Å². The van der Waals surface area contributed by atoms with Crippen LogP contribution in [0.3, 0.4) is 0 Å². The number of ether oxygens (including phenoxy) is 1. The number of sulfonamides is 1. The van der Waals surface area contributed by atoms with E-state index in [-0.39, 0.29) is 24.0 Å². The van der Waals surface area contributed by atoms with Crippen LogP contribution in [0, 0.1) is 0 Å². The molecular formula is C19H25N3O6S. The van der Waals surface area contributed by atoms with Crippen LogP contribution < -0.4 is 10.0 Å². The molecule has 0 atom stereocenters. The third-order valence-corrected chi connectivity index (χ3v) is 5.76. The summed E-state index contributed by atoms with van der Waals surface area (Å²) in [5, 5.41) is 2.70. The summed E-state index contributed by atoms with van der Waals surface area (Å²) in [5.74, 6) is -0.258. The second kappa shape index (κ2) is 9.55. The smallest absolute Gasteiger partial charge is 0.421 e. The van der Waals surface area contributed by atoms with Gasteiger partial charge in [0, 0.05) is 12.1 Å². The number of imide groups is 1. The van der Waals surface area contributed by atoms with Crippen molar-refractivity contribution in [3.05, 3.63) is 41.0 Å². The molecular weight excluding hydrogens is 398 g/mol. The van der Waals surface area contributed by atoms with E-state index in [2.05, 4.69) is 10.1 Å². The highest BCUT2D eigenvalue weighted by Gasteiger charge is 2.31. The molecule has 1 aromatic rings. The van der Waals surface area contributed by atoms with Crippen molar-refractivity contribution < 1.29 is 27.5 Å². The molecule has 0 bridgehead atoms. The fraction of sp³-hybridized carbons (Fsp3) is 0.421. The van der Waals surface area contributed by atoms with E-state index in [0.717, 1.165) is 11.1 Å². The predicted molar refractivity (Wildman–Crippen MR) is 106 cm³/mol. The van der Waals surface area contributed by atoms with Crippen molar-refractivity contribution >= 4 is 28.1 Å². The van der Waals surface area contributed by atoms with Crippen LogP contribution in [0.1, 0.15) is 32.8 Å². The molecule has 0 saturated carbocycles. The Balaban J connectivity index is 1.87. The van der Waals surface area contributed by atoms with Crippen LogP contribution >= 0.6 is 0 Å². The van der Waals surface area contributed by atoms with Gasteiger partial charge in [-0.2, -0.15) is 0 Å². The highest BCUT2D eigenvalue weighted by Crippen LogP contribution is 2.21. The van der Waals surface area contributed by atoms with Crippen LogP contribution in [0.15, 0.2) is 40.3 Å². The number of carbonyl (C=O) groups excluding carboxylic acids is 3. The molecule has 0 radical (unpaired) electrons. The fourth-order valence-corrected chi connectivity index (χ4v) is 3.83. The number of carbonyl (C=O) groups is 3. The van der Waals surface area contributed by atoms with Crippen molar-refractivity contribution in [3.8, 4) is 0 Å². The third-order valence-electron chi connectivity index (χ3n) is 4.43. The van der Waals surface area contributed by atoms with Crippen molar-refractivity contribution in [2.24, 2.45) is 0 Å². The van der Waals surface area contributed by atoms with Crippen molar-refractivity contribution in [2.75, 3.05) is 19.7 Å². The summed E-state index contributed by atoms with van der Waals surface area (Å²) in [6.07, 6.45) is 0.00738. The Hall–Kier alpha value is -2.88. The Labute approximate surface area is 170 Å². The molecule has 0 aliphatic carbocycles. The van der Waals surface area contributed by atoms with Gasteiger partial charge in [-0.05, 0) is 50.0 Å². The lowest BCUT2D eigenvalue weighted by Crippen LogP contribution is -2.42. The van der Waals surface area contributed by atoms with Crippen molar-refractivity contribution in [2.45, 2.75) is 38.5 Å². The normalized spacial score (nSPS) is 14.2. The van der Waals surface area contributed by atoms with E-state index in [1.807, 2.05) is 18.6 Å². The topological polar surface area (TPSA) is 122 Å². The Morgan fingerprint density at radius 2 is 1.83 bits per heavy atom. The zero-order valence-corrected chi connectivity index (χ0v) is 17.5. The summed E-state index contributed by atoms with van der Waals surface area (Å²) >= 11 is 0. The first-order valence-corrected chi connectivity index (χ1v) is 10.7. The zero-order chi connectivity index (χ0) is 21.6. The van der Waals surface area contributed by atoms with Crippen LogP contribution in [0.2, 0.25) is 0 Å². The molecule has 2 N–H and O–H groups in total. The van der Waals surface area contributed by atoms with Gasteiger partial charge in [-0.1, -0.05) is 19.1 Å². The summed E-state index contributed by atoms with van der Waals surface area (Å²) in [4.78, 5) is 36.8. The number of hydrogen-bond acceptors (Lipinski definition) is 6. The van der Waals surface area contributed by atoms with Gasteiger partial charge >= 0.3 is 12.1 Å². The number of benzene rings is 1. The molecule has 2 rings (SSSR count). The molecule has 1 aliphatic heterocycles. The first-order valence-electron chi connectivity index (χ1n) is 9.26. The molecule has 0 fully saturated rings. The minimum atomic E-state index is -4.01. The van der Waals surface area contributed by atoms with E-state index >= 15 is 0 Å². The number of nitrogens with zero attached hydrogens (tertiary/aromatic N) is 1. The highest BCUT2D eigenvalue weighted by molar-refractivity contribution is 7.90. The molecule has 1 aromatic carbocycles. The highest BCUT2D eigenvalue weighted by atomic mass is 32.2. The van der Waals surface area contributed by atoms with Gasteiger partial charge in [0.05, 0.1) is 18.0 Å². The first-order chi connectivity index (χ1) is 13.7. The lowest BCUT2D eigenvalue weighted by Gasteiger charge is -2.16. The molecule has 1 heterocycles. The number of nitrogens with one attached hydrogen (secondary N) is 2. The Morgan fingerprint density at radius 3 is 2.38 bits per heavy atom. The third kappa shape index (κ3) is 5.57. The zero-order valence-electron chi connectivity index (χ0n) is 16.6. The molecule has 4 amide bonds. The van der Waals surface area contributed by atoms with Gasteiger partial charge in [-0.3, -0.25) is 9.69 Å². The molecule has 9 nitrogen and oxygen atoms in total. The molecule has 0 unspecified atom stereocenters. The Morgan fingerprint density at radius 1 is 1.17 bits per heavy atom. The van der Waals surface area contributed by atoms with Gasteiger partial charge in [-0.15, -0.1) is 0 Å². The average Bonchev–Trinajstić information content (AvgIpc) is 2.95. The van der Waals surface area contributed by atoms with Crippen LogP contribution in [-0.4, -0.2) is 51.0 Å². The van der Waals surface area contributed by atoms with Crippen LogP contribution in [0.5, 0.6) is 0 Å². The van der Waals surface area contributed by atoms with Crippen molar-refractivity contribution in [3.63, 3.8) is 0 Å². The summed E-state index contributed by atoms with van der Waals surface area (Å²) in [7, 11) is -4.01. The molecule has 10 heteroatoms. The van der Waals surface area contributed by atoms with Gasteiger partial charge in [0.15, 0.2) is 0 Å². The molecule has 0 aromatic heterocycles. The summed E-state index contributed by atoms with van der Waals surface area (Å²) < 4.78 is 30.5. The van der Waals surface area contributed by atoms with E-state index in [1.54, 1.807) is 19.1 Å². The fourth-order valence-electron chi connectivity index (χ4n) is 2.94. The Kier molecular flexibility index (Phi) is 7.38. The quantitative estimate of drug-likeness (QED) is 0.691. The maximum Gasteiger partial charge on any atom is 0.421 e. The standard InChI is InChI=1S/C19H25N3O6S/c1-4-16-13(3)12-22(17(16)23)18(24)20-11-10-14-6-8-15(9-7-14)29(26,27)21-19(25)28-5-2/h6-9H,4-5,10-12H2,1-3H3,(H,20,24)(H,21,25). The predicted octanol–water partition coefficient (Wildman–Crippen LogP) is 1.94. The van der Waals surface area contributed by atoms with Crippen molar-refractivity contribution in [1.29, 1.82) is 0 Å². The molecule has 158 valence electrons. The summed E-state index contributed by atoms with van der Waals surface area (Å²) in [6, 6.07) is 5.46. The van der Waals surface area contributed by atoms with E-state index in [4.69, 9.17) is 0 Å². The maximum absolute atomic E-state index is 12.2. The molecule has 0 saturated heterocycles. The minimum Gasteiger partial charge on any atom is -0.449 e. The number of hydrogen-bond donors (Lipinski definition) is 2. The van der Waals surface area contributed by atoms with E-state index < -0.39 is 22.1 Å². The molecule has 29 heavy (non-hydrogen) atoms. The van der Waals surface area contributed by atoms with Gasteiger partial charge in [0.25, 0.3) is 15.9 Å². The summed E-state index contributed by atoms with van der Waals surface area (Å²) in [5.41, 5.74) is 2.37. The second-order valence-electron chi connectivity index (χ2n) is 6.46. The average molecular weight is 423 g/mol. The van der Waals surface area contributed by atoms with Gasteiger partial charge < -0.3 is 10.1 Å². The van der Waals surface area contributed by atoms with Crippen LogP contribution in [0.25, 0.3) is 0 Å². The molecule has 0 spiro atoms. The number of urea groups is 1.